The first-order valence-corrected chi connectivity index (χ1v) is 7.02. The van der Waals surface area contributed by atoms with Crippen LogP contribution in [0.4, 0.5) is 0 Å². The van der Waals surface area contributed by atoms with Crippen molar-refractivity contribution >= 4 is 34.0 Å². The topological polar surface area (TPSA) is 49.6 Å². The third kappa shape index (κ3) is 2.82. The van der Waals surface area contributed by atoms with E-state index in [-0.39, 0.29) is 0 Å². The summed E-state index contributed by atoms with van der Waals surface area (Å²) in [5.41, 5.74) is 6.88. The second-order valence-corrected chi connectivity index (χ2v) is 5.06. The van der Waals surface area contributed by atoms with Crippen molar-refractivity contribution in [2.24, 2.45) is 5.10 Å². The SMILES string of the molecule is CCc1c(/C(C)=N\NC(=S)NC)oc2ccc(C)cc12. The van der Waals surface area contributed by atoms with Crippen molar-refractivity contribution in [2.45, 2.75) is 27.2 Å². The van der Waals surface area contributed by atoms with Crippen molar-refractivity contribution in [1.82, 2.24) is 10.7 Å². The molecular weight excluding hydrogens is 270 g/mol. The summed E-state index contributed by atoms with van der Waals surface area (Å²) < 4.78 is 5.94. The molecule has 5 heteroatoms. The summed E-state index contributed by atoms with van der Waals surface area (Å²) >= 11 is 5.01. The Hall–Kier alpha value is -1.88. The molecule has 0 aliphatic rings. The van der Waals surface area contributed by atoms with Crippen molar-refractivity contribution in [2.75, 3.05) is 7.05 Å². The van der Waals surface area contributed by atoms with E-state index in [1.807, 2.05) is 13.0 Å². The number of hydrazone groups is 1. The van der Waals surface area contributed by atoms with Gasteiger partial charge in [0, 0.05) is 18.0 Å². The van der Waals surface area contributed by atoms with Crippen molar-refractivity contribution in [3.63, 3.8) is 0 Å². The lowest BCUT2D eigenvalue weighted by Crippen LogP contribution is -2.29. The molecule has 0 saturated heterocycles. The van der Waals surface area contributed by atoms with E-state index in [0.717, 1.165) is 28.9 Å². The molecule has 1 aromatic heterocycles. The van der Waals surface area contributed by atoms with Crippen LogP contribution in [0, 0.1) is 6.92 Å². The number of hydrogen-bond donors (Lipinski definition) is 2. The molecule has 0 aliphatic carbocycles. The molecule has 1 heterocycles. The number of nitrogens with one attached hydrogen (secondary N) is 2. The molecule has 1 aromatic carbocycles. The summed E-state index contributed by atoms with van der Waals surface area (Å²) in [6.07, 6.45) is 0.898. The lowest BCUT2D eigenvalue weighted by atomic mass is 10.0. The predicted molar refractivity (Wildman–Crippen MR) is 87.3 cm³/mol. The summed E-state index contributed by atoms with van der Waals surface area (Å²) in [7, 11) is 1.75. The normalized spacial score (nSPS) is 11.7. The van der Waals surface area contributed by atoms with Crippen molar-refractivity contribution in [3.8, 4) is 0 Å². The average molecular weight is 289 g/mol. The quantitative estimate of drug-likeness (QED) is 0.518. The van der Waals surface area contributed by atoms with Gasteiger partial charge in [0.15, 0.2) is 10.9 Å². The summed E-state index contributed by atoms with van der Waals surface area (Å²) in [6.45, 7) is 6.11. The molecule has 2 aromatic rings. The second-order valence-electron chi connectivity index (χ2n) is 4.65. The smallest absolute Gasteiger partial charge is 0.186 e. The van der Waals surface area contributed by atoms with Gasteiger partial charge in [-0.05, 0) is 44.6 Å². The van der Waals surface area contributed by atoms with Gasteiger partial charge < -0.3 is 9.73 Å². The molecule has 0 bridgehead atoms. The van der Waals surface area contributed by atoms with Crippen LogP contribution in [0.15, 0.2) is 27.7 Å². The molecule has 0 amide bonds. The molecule has 0 fully saturated rings. The van der Waals surface area contributed by atoms with Crippen LogP contribution < -0.4 is 10.7 Å². The van der Waals surface area contributed by atoms with E-state index in [2.05, 4.69) is 41.8 Å². The number of aryl methyl sites for hydroxylation is 2. The zero-order valence-electron chi connectivity index (χ0n) is 12.2. The van der Waals surface area contributed by atoms with E-state index >= 15 is 0 Å². The summed E-state index contributed by atoms with van der Waals surface area (Å²) in [6, 6.07) is 6.21. The maximum absolute atomic E-state index is 5.94. The summed E-state index contributed by atoms with van der Waals surface area (Å²) in [5.74, 6) is 0.819. The van der Waals surface area contributed by atoms with Crippen LogP contribution in [0.2, 0.25) is 0 Å². The molecule has 0 aliphatic heterocycles. The zero-order chi connectivity index (χ0) is 14.7. The van der Waals surface area contributed by atoms with Gasteiger partial charge in [-0.25, -0.2) is 0 Å². The Morgan fingerprint density at radius 3 is 2.80 bits per heavy atom. The lowest BCUT2D eigenvalue weighted by molar-refractivity contribution is 0.598. The fourth-order valence-electron chi connectivity index (χ4n) is 2.15. The zero-order valence-corrected chi connectivity index (χ0v) is 13.0. The number of thiocarbonyl (C=S) groups is 1. The third-order valence-electron chi connectivity index (χ3n) is 3.18. The molecule has 0 spiro atoms. The Kier molecular flexibility index (Phi) is 4.39. The third-order valence-corrected chi connectivity index (χ3v) is 3.48. The second kappa shape index (κ2) is 6.05. The lowest BCUT2D eigenvalue weighted by Gasteiger charge is -2.03. The first-order valence-electron chi connectivity index (χ1n) is 6.61. The molecule has 4 nitrogen and oxygen atoms in total. The minimum Gasteiger partial charge on any atom is -0.454 e. The Labute approximate surface area is 124 Å². The first kappa shape index (κ1) is 14.5. The number of fused-ring (bicyclic) bond motifs is 1. The average Bonchev–Trinajstić information content (AvgIpc) is 2.81. The molecule has 0 saturated carbocycles. The number of benzene rings is 1. The summed E-state index contributed by atoms with van der Waals surface area (Å²) in [4.78, 5) is 0. The molecule has 2 N–H and O–H groups in total. The highest BCUT2D eigenvalue weighted by Crippen LogP contribution is 2.27. The number of nitrogens with zero attached hydrogens (tertiary/aromatic N) is 1. The van der Waals surface area contributed by atoms with Crippen LogP contribution in [0.3, 0.4) is 0 Å². The van der Waals surface area contributed by atoms with Gasteiger partial charge in [0.2, 0.25) is 0 Å². The van der Waals surface area contributed by atoms with E-state index < -0.39 is 0 Å². The molecule has 20 heavy (non-hydrogen) atoms. The molecule has 106 valence electrons. The van der Waals surface area contributed by atoms with Gasteiger partial charge in [0.05, 0.1) is 0 Å². The van der Waals surface area contributed by atoms with Crippen LogP contribution in [-0.2, 0) is 6.42 Å². The highest BCUT2D eigenvalue weighted by molar-refractivity contribution is 7.80. The van der Waals surface area contributed by atoms with E-state index in [9.17, 15) is 0 Å². The molecule has 0 atom stereocenters. The van der Waals surface area contributed by atoms with Crippen molar-refractivity contribution < 1.29 is 4.42 Å². The van der Waals surface area contributed by atoms with Gasteiger partial charge in [-0.2, -0.15) is 5.10 Å². The minimum atomic E-state index is 0.481. The molecule has 0 unspecified atom stereocenters. The van der Waals surface area contributed by atoms with Gasteiger partial charge in [-0.15, -0.1) is 0 Å². The Balaban J connectivity index is 2.45. The highest BCUT2D eigenvalue weighted by atomic mass is 32.1. The van der Waals surface area contributed by atoms with Crippen LogP contribution in [0.5, 0.6) is 0 Å². The van der Waals surface area contributed by atoms with E-state index in [1.165, 1.54) is 11.1 Å². The van der Waals surface area contributed by atoms with Gasteiger partial charge in [-0.3, -0.25) is 5.43 Å². The maximum atomic E-state index is 5.94. The monoisotopic (exact) mass is 289 g/mol. The number of furan rings is 1. The van der Waals surface area contributed by atoms with Gasteiger partial charge in [0.1, 0.15) is 11.3 Å². The van der Waals surface area contributed by atoms with E-state index in [1.54, 1.807) is 7.05 Å². The Morgan fingerprint density at radius 1 is 1.40 bits per heavy atom. The minimum absolute atomic E-state index is 0.481. The summed E-state index contributed by atoms with van der Waals surface area (Å²) in [5, 5.41) is 8.72. The van der Waals surface area contributed by atoms with Gasteiger partial charge >= 0.3 is 0 Å². The van der Waals surface area contributed by atoms with Crippen LogP contribution in [0.1, 0.15) is 30.7 Å². The number of hydrogen-bond acceptors (Lipinski definition) is 3. The van der Waals surface area contributed by atoms with Gasteiger partial charge in [0.25, 0.3) is 0 Å². The maximum Gasteiger partial charge on any atom is 0.186 e. The fourth-order valence-corrected chi connectivity index (χ4v) is 2.19. The fraction of sp³-hybridized carbons (Fsp3) is 0.333. The van der Waals surface area contributed by atoms with Crippen molar-refractivity contribution in [3.05, 3.63) is 35.1 Å². The predicted octanol–water partition coefficient (Wildman–Crippen LogP) is 3.12. The molecule has 0 radical (unpaired) electrons. The standard InChI is InChI=1S/C15H19N3OS/c1-5-11-12-8-9(2)6-7-13(12)19-14(11)10(3)17-18-15(20)16-4/h6-8H,5H2,1-4H3,(H2,16,18,20)/b17-10-. The largest absolute Gasteiger partial charge is 0.454 e. The van der Waals surface area contributed by atoms with Crippen LogP contribution in [-0.4, -0.2) is 17.9 Å². The van der Waals surface area contributed by atoms with E-state index in [4.69, 9.17) is 16.6 Å². The Morgan fingerprint density at radius 2 is 2.15 bits per heavy atom. The molecular formula is C15H19N3OS. The van der Waals surface area contributed by atoms with Gasteiger partial charge in [-0.1, -0.05) is 18.6 Å². The number of rotatable bonds is 3. The van der Waals surface area contributed by atoms with Crippen LogP contribution in [0.25, 0.3) is 11.0 Å². The van der Waals surface area contributed by atoms with E-state index in [0.29, 0.717) is 5.11 Å². The Bertz CT molecular complexity index is 673. The molecule has 2 rings (SSSR count). The highest BCUT2D eigenvalue weighted by Gasteiger charge is 2.15. The van der Waals surface area contributed by atoms with Crippen LogP contribution >= 0.6 is 12.2 Å². The first-order chi connectivity index (χ1) is 9.56. The van der Waals surface area contributed by atoms with Crippen molar-refractivity contribution in [1.29, 1.82) is 0 Å².